The highest BCUT2D eigenvalue weighted by Gasteiger charge is 2.16. The first-order valence-corrected chi connectivity index (χ1v) is 7.54. The first kappa shape index (κ1) is 14.5. The van der Waals surface area contributed by atoms with Gasteiger partial charge in [-0.3, -0.25) is 0 Å². The molecule has 0 aliphatic rings. The highest BCUT2D eigenvalue weighted by Crippen LogP contribution is 2.26. The van der Waals surface area contributed by atoms with Crippen LogP contribution in [-0.4, -0.2) is 0 Å². The number of thiophene rings is 1. The lowest BCUT2D eigenvalue weighted by Crippen LogP contribution is -2.24. The molecule has 1 heterocycles. The SMILES string of the molecule is CC(C)C(NCc1ccc(F)c(Cl)c1)c1cccs1. The highest BCUT2D eigenvalue weighted by molar-refractivity contribution is 7.10. The lowest BCUT2D eigenvalue weighted by atomic mass is 10.0. The van der Waals surface area contributed by atoms with Crippen molar-refractivity contribution in [3.8, 4) is 0 Å². The first-order valence-electron chi connectivity index (χ1n) is 6.28. The lowest BCUT2D eigenvalue weighted by Gasteiger charge is -2.21. The van der Waals surface area contributed by atoms with Crippen molar-refractivity contribution < 1.29 is 4.39 Å². The number of hydrogen-bond donors (Lipinski definition) is 1. The van der Waals surface area contributed by atoms with Crippen LogP contribution in [0.1, 0.15) is 30.3 Å². The third-order valence-corrected chi connectivity index (χ3v) is 4.27. The minimum Gasteiger partial charge on any atom is -0.305 e. The normalized spacial score (nSPS) is 12.9. The molecule has 1 unspecified atom stereocenters. The average Bonchev–Trinajstić information content (AvgIpc) is 2.87. The fraction of sp³-hybridized carbons (Fsp3) is 0.333. The lowest BCUT2D eigenvalue weighted by molar-refractivity contribution is 0.416. The van der Waals surface area contributed by atoms with Crippen molar-refractivity contribution in [2.75, 3.05) is 0 Å². The Balaban J connectivity index is 2.05. The average molecular weight is 298 g/mol. The van der Waals surface area contributed by atoms with Crippen molar-refractivity contribution in [2.45, 2.75) is 26.4 Å². The molecule has 2 rings (SSSR count). The quantitative estimate of drug-likeness (QED) is 0.816. The highest BCUT2D eigenvalue weighted by atomic mass is 35.5. The molecule has 1 aromatic carbocycles. The van der Waals surface area contributed by atoms with Crippen LogP contribution in [0.25, 0.3) is 0 Å². The summed E-state index contributed by atoms with van der Waals surface area (Å²) < 4.78 is 13.1. The van der Waals surface area contributed by atoms with Crippen LogP contribution < -0.4 is 5.32 Å². The zero-order chi connectivity index (χ0) is 13.8. The van der Waals surface area contributed by atoms with Gasteiger partial charge in [-0.05, 0) is 35.1 Å². The fourth-order valence-corrected chi connectivity index (χ4v) is 3.19. The van der Waals surface area contributed by atoms with E-state index in [0.717, 1.165) is 5.56 Å². The smallest absolute Gasteiger partial charge is 0.141 e. The maximum atomic E-state index is 13.1. The van der Waals surface area contributed by atoms with Crippen molar-refractivity contribution in [1.82, 2.24) is 5.32 Å². The van der Waals surface area contributed by atoms with E-state index in [9.17, 15) is 4.39 Å². The molecule has 1 nitrogen and oxygen atoms in total. The van der Waals surface area contributed by atoms with Gasteiger partial charge in [0, 0.05) is 17.5 Å². The molecule has 0 saturated heterocycles. The van der Waals surface area contributed by atoms with Crippen LogP contribution in [0.15, 0.2) is 35.7 Å². The maximum Gasteiger partial charge on any atom is 0.141 e. The van der Waals surface area contributed by atoms with Crippen molar-refractivity contribution in [2.24, 2.45) is 5.92 Å². The van der Waals surface area contributed by atoms with Crippen LogP contribution in [0.2, 0.25) is 5.02 Å². The number of rotatable bonds is 5. The molecular formula is C15H17ClFNS. The summed E-state index contributed by atoms with van der Waals surface area (Å²) in [5, 5.41) is 5.78. The molecule has 0 saturated carbocycles. The number of halogens is 2. The predicted molar refractivity (Wildman–Crippen MR) is 80.1 cm³/mol. The van der Waals surface area contributed by atoms with Gasteiger partial charge in [-0.25, -0.2) is 4.39 Å². The monoisotopic (exact) mass is 297 g/mol. The summed E-state index contributed by atoms with van der Waals surface area (Å²) in [6.07, 6.45) is 0. The van der Waals surface area contributed by atoms with Crippen LogP contribution in [0, 0.1) is 11.7 Å². The molecule has 2 aromatic rings. The molecule has 0 bridgehead atoms. The third-order valence-electron chi connectivity index (χ3n) is 3.03. The largest absolute Gasteiger partial charge is 0.305 e. The van der Waals surface area contributed by atoms with Gasteiger partial charge < -0.3 is 5.32 Å². The van der Waals surface area contributed by atoms with Gasteiger partial charge in [-0.2, -0.15) is 0 Å². The molecule has 0 aliphatic heterocycles. The molecule has 0 aliphatic carbocycles. The predicted octanol–water partition coefficient (Wildman–Crippen LogP) is 5.03. The van der Waals surface area contributed by atoms with Crippen molar-refractivity contribution in [1.29, 1.82) is 0 Å². The second kappa shape index (κ2) is 6.51. The van der Waals surface area contributed by atoms with Gasteiger partial charge in [0.25, 0.3) is 0 Å². The Hall–Kier alpha value is -0.900. The van der Waals surface area contributed by atoms with E-state index in [4.69, 9.17) is 11.6 Å². The number of hydrogen-bond acceptors (Lipinski definition) is 2. The molecule has 0 spiro atoms. The molecule has 102 valence electrons. The van der Waals surface area contributed by atoms with Gasteiger partial charge in [-0.1, -0.05) is 37.6 Å². The molecule has 4 heteroatoms. The molecule has 1 atom stereocenters. The molecular weight excluding hydrogens is 281 g/mol. The van der Waals surface area contributed by atoms with Crippen LogP contribution in [0.5, 0.6) is 0 Å². The van der Waals surface area contributed by atoms with E-state index in [0.29, 0.717) is 18.5 Å². The fourth-order valence-electron chi connectivity index (χ4n) is 2.01. The van der Waals surface area contributed by atoms with E-state index in [1.807, 2.05) is 0 Å². The Labute approximate surface area is 122 Å². The second-order valence-electron chi connectivity index (χ2n) is 4.87. The van der Waals surface area contributed by atoms with Crippen molar-refractivity contribution in [3.63, 3.8) is 0 Å². The summed E-state index contributed by atoms with van der Waals surface area (Å²) in [7, 11) is 0. The van der Waals surface area contributed by atoms with Crippen molar-refractivity contribution in [3.05, 3.63) is 57.0 Å². The number of benzene rings is 1. The van der Waals surface area contributed by atoms with Gasteiger partial charge in [0.2, 0.25) is 0 Å². The topological polar surface area (TPSA) is 12.0 Å². The van der Waals surface area contributed by atoms with Crippen LogP contribution in [0.4, 0.5) is 4.39 Å². The Kier molecular flexibility index (Phi) is 4.97. The summed E-state index contributed by atoms with van der Waals surface area (Å²) in [5.41, 5.74) is 0.994. The minimum absolute atomic E-state index is 0.177. The van der Waals surface area contributed by atoms with E-state index in [1.165, 1.54) is 10.9 Å². The Morgan fingerprint density at radius 3 is 2.68 bits per heavy atom. The van der Waals surface area contributed by atoms with E-state index in [2.05, 4.69) is 36.7 Å². The third kappa shape index (κ3) is 3.78. The zero-order valence-corrected chi connectivity index (χ0v) is 12.6. The summed E-state index contributed by atoms with van der Waals surface area (Å²) in [5.74, 6) is 0.124. The van der Waals surface area contributed by atoms with Gasteiger partial charge >= 0.3 is 0 Å². The van der Waals surface area contributed by atoms with E-state index >= 15 is 0 Å². The molecule has 19 heavy (non-hydrogen) atoms. The van der Waals surface area contributed by atoms with E-state index in [1.54, 1.807) is 23.5 Å². The van der Waals surface area contributed by atoms with E-state index < -0.39 is 0 Å². The number of nitrogens with one attached hydrogen (secondary N) is 1. The first-order chi connectivity index (χ1) is 9.08. The van der Waals surface area contributed by atoms with Gasteiger partial charge in [0.05, 0.1) is 5.02 Å². The molecule has 1 aromatic heterocycles. The zero-order valence-electron chi connectivity index (χ0n) is 11.0. The van der Waals surface area contributed by atoms with Gasteiger partial charge in [-0.15, -0.1) is 11.3 Å². The van der Waals surface area contributed by atoms with Crippen molar-refractivity contribution >= 4 is 22.9 Å². The minimum atomic E-state index is -0.371. The summed E-state index contributed by atoms with van der Waals surface area (Å²) in [4.78, 5) is 1.32. The van der Waals surface area contributed by atoms with Gasteiger partial charge in [0.1, 0.15) is 5.82 Å². The Morgan fingerprint density at radius 2 is 2.11 bits per heavy atom. The maximum absolute atomic E-state index is 13.1. The Morgan fingerprint density at radius 1 is 1.32 bits per heavy atom. The Bertz CT molecular complexity index is 525. The van der Waals surface area contributed by atoms with Gasteiger partial charge in [0.15, 0.2) is 0 Å². The van der Waals surface area contributed by atoms with E-state index in [-0.39, 0.29) is 10.8 Å². The summed E-state index contributed by atoms with van der Waals surface area (Å²) in [6.45, 7) is 5.06. The molecule has 0 fully saturated rings. The van der Waals surface area contributed by atoms with Crippen LogP contribution in [0.3, 0.4) is 0 Å². The van der Waals surface area contributed by atoms with Crippen LogP contribution >= 0.6 is 22.9 Å². The second-order valence-corrected chi connectivity index (χ2v) is 6.25. The molecule has 0 amide bonds. The summed E-state index contributed by atoms with van der Waals surface area (Å²) >= 11 is 7.54. The summed E-state index contributed by atoms with van der Waals surface area (Å²) in [6, 6.07) is 9.36. The molecule has 1 N–H and O–H groups in total. The standard InChI is InChI=1S/C15H17ClFNS/c1-10(2)15(14-4-3-7-19-14)18-9-11-5-6-13(17)12(16)8-11/h3-8,10,15,18H,9H2,1-2H3. The van der Waals surface area contributed by atoms with Crippen LogP contribution in [-0.2, 0) is 6.54 Å². The molecule has 0 radical (unpaired) electrons.